The quantitative estimate of drug-likeness (QED) is 0.782. The predicted octanol–water partition coefficient (Wildman–Crippen LogP) is 0.619. The summed E-state index contributed by atoms with van der Waals surface area (Å²) in [4.78, 5) is 12.1. The third-order valence-corrected chi connectivity index (χ3v) is 5.72. The van der Waals surface area contributed by atoms with E-state index in [0.29, 0.717) is 6.42 Å². The second kappa shape index (κ2) is 6.90. The standard InChI is InChI=1S/C12H22N2O3S.ClH/c13-10-4-1-3-9(7-10)12(15)14-11-5-2-6-18(16,17)8-11;/h9-11H,1-8,13H2,(H,14,15);1H. The van der Waals surface area contributed by atoms with Crippen LogP contribution >= 0.6 is 12.4 Å². The fraction of sp³-hybridized carbons (Fsp3) is 0.917. The van der Waals surface area contributed by atoms with Crippen molar-refractivity contribution in [3.05, 3.63) is 0 Å². The van der Waals surface area contributed by atoms with Gasteiger partial charge < -0.3 is 11.1 Å². The van der Waals surface area contributed by atoms with E-state index in [1.807, 2.05) is 0 Å². The van der Waals surface area contributed by atoms with Crippen LogP contribution in [0, 0.1) is 5.92 Å². The average molecular weight is 311 g/mol. The van der Waals surface area contributed by atoms with Crippen molar-refractivity contribution in [2.45, 2.75) is 50.6 Å². The van der Waals surface area contributed by atoms with Gasteiger partial charge >= 0.3 is 0 Å². The van der Waals surface area contributed by atoms with Crippen LogP contribution in [-0.4, -0.2) is 37.9 Å². The van der Waals surface area contributed by atoms with E-state index >= 15 is 0 Å². The Morgan fingerprint density at radius 3 is 2.53 bits per heavy atom. The van der Waals surface area contributed by atoms with Gasteiger partial charge in [0.1, 0.15) is 0 Å². The Morgan fingerprint density at radius 1 is 1.16 bits per heavy atom. The van der Waals surface area contributed by atoms with Crippen LogP contribution in [0.3, 0.4) is 0 Å². The van der Waals surface area contributed by atoms with Gasteiger partial charge in [0.2, 0.25) is 5.91 Å². The second-order valence-corrected chi connectivity index (χ2v) is 7.81. The SMILES string of the molecule is Cl.NC1CCCC(C(=O)NC2CCCS(=O)(=O)C2)C1. The summed E-state index contributed by atoms with van der Waals surface area (Å²) in [5.41, 5.74) is 5.86. The van der Waals surface area contributed by atoms with Crippen LogP contribution in [0.1, 0.15) is 38.5 Å². The molecule has 0 aromatic carbocycles. The summed E-state index contributed by atoms with van der Waals surface area (Å²) in [5, 5.41) is 2.89. The molecule has 3 unspecified atom stereocenters. The van der Waals surface area contributed by atoms with E-state index in [9.17, 15) is 13.2 Å². The number of rotatable bonds is 2. The zero-order valence-electron chi connectivity index (χ0n) is 11.0. The molecule has 2 fully saturated rings. The monoisotopic (exact) mass is 310 g/mol. The van der Waals surface area contributed by atoms with Crippen molar-refractivity contribution in [2.75, 3.05) is 11.5 Å². The minimum absolute atomic E-state index is 0. The lowest BCUT2D eigenvalue weighted by Gasteiger charge is -2.29. The molecular weight excluding hydrogens is 288 g/mol. The number of sulfone groups is 1. The Hall–Kier alpha value is -0.330. The molecule has 1 heterocycles. The molecule has 2 aliphatic rings. The molecule has 0 aromatic rings. The van der Waals surface area contributed by atoms with Crippen LogP contribution in [0.2, 0.25) is 0 Å². The van der Waals surface area contributed by atoms with E-state index < -0.39 is 9.84 Å². The summed E-state index contributed by atoms with van der Waals surface area (Å²) in [6.45, 7) is 0. The van der Waals surface area contributed by atoms with Gasteiger partial charge in [0.25, 0.3) is 0 Å². The van der Waals surface area contributed by atoms with Crippen molar-refractivity contribution >= 4 is 28.2 Å². The number of hydrogen-bond acceptors (Lipinski definition) is 4. The number of halogens is 1. The van der Waals surface area contributed by atoms with Crippen LogP contribution in [0.4, 0.5) is 0 Å². The highest BCUT2D eigenvalue weighted by Gasteiger charge is 2.30. The molecular formula is C12H23ClN2O3S. The van der Waals surface area contributed by atoms with Crippen LogP contribution in [0.5, 0.6) is 0 Å². The van der Waals surface area contributed by atoms with Crippen molar-refractivity contribution in [1.29, 1.82) is 0 Å². The molecule has 3 N–H and O–H groups in total. The summed E-state index contributed by atoms with van der Waals surface area (Å²) < 4.78 is 23.0. The Morgan fingerprint density at radius 2 is 1.89 bits per heavy atom. The Bertz CT molecular complexity index is 413. The van der Waals surface area contributed by atoms with Gasteiger partial charge in [-0.3, -0.25) is 4.79 Å². The molecule has 112 valence electrons. The topological polar surface area (TPSA) is 89.3 Å². The van der Waals surface area contributed by atoms with E-state index in [-0.39, 0.29) is 47.8 Å². The summed E-state index contributed by atoms with van der Waals surface area (Å²) >= 11 is 0. The van der Waals surface area contributed by atoms with Gasteiger partial charge in [-0.05, 0) is 32.1 Å². The summed E-state index contributed by atoms with van der Waals surface area (Å²) in [7, 11) is -2.96. The summed E-state index contributed by atoms with van der Waals surface area (Å²) in [6, 6.07) is -0.0843. The smallest absolute Gasteiger partial charge is 0.223 e. The maximum absolute atomic E-state index is 12.1. The number of carbonyl (C=O) groups is 1. The predicted molar refractivity (Wildman–Crippen MR) is 77.0 cm³/mol. The summed E-state index contributed by atoms with van der Waals surface area (Å²) in [5.74, 6) is 0.316. The number of carbonyl (C=O) groups excluding carboxylic acids is 1. The van der Waals surface area contributed by atoms with Crippen molar-refractivity contribution < 1.29 is 13.2 Å². The van der Waals surface area contributed by atoms with E-state index in [1.165, 1.54) is 0 Å². The van der Waals surface area contributed by atoms with Gasteiger partial charge in [-0.25, -0.2) is 8.42 Å². The molecule has 5 nitrogen and oxygen atoms in total. The molecule has 1 saturated heterocycles. The average Bonchev–Trinajstić information content (AvgIpc) is 2.27. The van der Waals surface area contributed by atoms with Crippen molar-refractivity contribution in [3.63, 3.8) is 0 Å². The number of amides is 1. The van der Waals surface area contributed by atoms with E-state index in [0.717, 1.165) is 32.1 Å². The molecule has 1 aliphatic heterocycles. The highest BCUT2D eigenvalue weighted by Crippen LogP contribution is 2.23. The first-order valence-corrected chi connectivity index (χ1v) is 8.55. The molecule has 0 radical (unpaired) electrons. The molecule has 0 aromatic heterocycles. The Balaban J connectivity index is 0.00000180. The number of nitrogens with one attached hydrogen (secondary N) is 1. The van der Waals surface area contributed by atoms with Gasteiger partial charge in [-0.15, -0.1) is 12.4 Å². The third kappa shape index (κ3) is 4.93. The largest absolute Gasteiger partial charge is 0.352 e. The van der Waals surface area contributed by atoms with Crippen molar-refractivity contribution in [2.24, 2.45) is 11.7 Å². The highest BCUT2D eigenvalue weighted by molar-refractivity contribution is 7.91. The minimum Gasteiger partial charge on any atom is -0.352 e. The zero-order valence-corrected chi connectivity index (χ0v) is 12.6. The number of nitrogens with two attached hydrogens (primary N) is 1. The lowest BCUT2D eigenvalue weighted by atomic mass is 9.85. The second-order valence-electron chi connectivity index (χ2n) is 5.59. The molecule has 7 heteroatoms. The van der Waals surface area contributed by atoms with Crippen LogP contribution in [0.15, 0.2) is 0 Å². The number of hydrogen-bond donors (Lipinski definition) is 2. The first-order chi connectivity index (χ1) is 8.46. The molecule has 19 heavy (non-hydrogen) atoms. The van der Waals surface area contributed by atoms with Crippen LogP contribution < -0.4 is 11.1 Å². The first kappa shape index (κ1) is 16.7. The van der Waals surface area contributed by atoms with Crippen LogP contribution in [-0.2, 0) is 14.6 Å². The third-order valence-electron chi connectivity index (χ3n) is 3.89. The molecule has 0 spiro atoms. The van der Waals surface area contributed by atoms with Gasteiger partial charge in [-0.1, -0.05) is 6.42 Å². The normalized spacial score (nSPS) is 34.1. The molecule has 1 aliphatic carbocycles. The molecule has 1 amide bonds. The fourth-order valence-electron chi connectivity index (χ4n) is 2.92. The van der Waals surface area contributed by atoms with Gasteiger partial charge in [-0.2, -0.15) is 0 Å². The van der Waals surface area contributed by atoms with E-state index in [2.05, 4.69) is 5.32 Å². The Kier molecular flexibility index (Phi) is 6.08. The first-order valence-electron chi connectivity index (χ1n) is 6.72. The van der Waals surface area contributed by atoms with E-state index in [1.54, 1.807) is 0 Å². The molecule has 0 bridgehead atoms. The van der Waals surface area contributed by atoms with Crippen LogP contribution in [0.25, 0.3) is 0 Å². The zero-order chi connectivity index (χ0) is 13.2. The molecule has 1 saturated carbocycles. The van der Waals surface area contributed by atoms with Crippen molar-refractivity contribution in [1.82, 2.24) is 5.32 Å². The molecule has 3 atom stereocenters. The summed E-state index contributed by atoms with van der Waals surface area (Å²) in [6.07, 6.45) is 5.00. The van der Waals surface area contributed by atoms with Gasteiger partial charge in [0.15, 0.2) is 9.84 Å². The lowest BCUT2D eigenvalue weighted by Crippen LogP contribution is -2.47. The van der Waals surface area contributed by atoms with Crippen molar-refractivity contribution in [3.8, 4) is 0 Å². The fourth-order valence-corrected chi connectivity index (χ4v) is 4.56. The molecule has 2 rings (SSSR count). The van der Waals surface area contributed by atoms with E-state index in [4.69, 9.17) is 5.73 Å². The van der Waals surface area contributed by atoms with Gasteiger partial charge in [0.05, 0.1) is 11.5 Å². The minimum atomic E-state index is -2.96. The maximum atomic E-state index is 12.1. The van der Waals surface area contributed by atoms with Gasteiger partial charge in [0, 0.05) is 18.0 Å². The lowest BCUT2D eigenvalue weighted by molar-refractivity contribution is -0.126. The highest BCUT2D eigenvalue weighted by atomic mass is 35.5. The Labute approximate surface area is 121 Å². The maximum Gasteiger partial charge on any atom is 0.223 e.